The van der Waals surface area contributed by atoms with Crippen molar-refractivity contribution in [3.8, 4) is 0 Å². The van der Waals surface area contributed by atoms with E-state index in [1.165, 1.54) is 0 Å². The van der Waals surface area contributed by atoms with E-state index in [-0.39, 0.29) is 17.9 Å². The van der Waals surface area contributed by atoms with Crippen molar-refractivity contribution in [2.24, 2.45) is 0 Å². The predicted octanol–water partition coefficient (Wildman–Crippen LogP) is 3.25. The quantitative estimate of drug-likeness (QED) is 0.785. The number of para-hydroxylation sites is 1. The fourth-order valence-electron chi connectivity index (χ4n) is 4.79. The van der Waals surface area contributed by atoms with Crippen LogP contribution in [-0.2, 0) is 0 Å². The van der Waals surface area contributed by atoms with E-state index in [4.69, 9.17) is 0 Å². The third-order valence-electron chi connectivity index (χ3n) is 6.90. The van der Waals surface area contributed by atoms with Crippen LogP contribution in [0.2, 0.25) is 0 Å². The van der Waals surface area contributed by atoms with Crippen molar-refractivity contribution in [2.45, 2.75) is 37.8 Å². The summed E-state index contributed by atoms with van der Waals surface area (Å²) in [6, 6.07) is 17.8. The molecule has 0 aromatic heterocycles. The Balaban J connectivity index is 1.38. The van der Waals surface area contributed by atoms with E-state index in [0.29, 0.717) is 11.6 Å². The van der Waals surface area contributed by atoms with Gasteiger partial charge in [-0.05, 0) is 70.1 Å². The molecule has 2 saturated heterocycles. The van der Waals surface area contributed by atoms with Gasteiger partial charge in [0.15, 0.2) is 0 Å². The van der Waals surface area contributed by atoms with Gasteiger partial charge in [-0.1, -0.05) is 30.3 Å². The Bertz CT molecular complexity index is 916. The van der Waals surface area contributed by atoms with Crippen LogP contribution >= 0.6 is 0 Å². The molecule has 6 heteroatoms. The van der Waals surface area contributed by atoms with Crippen LogP contribution in [0.15, 0.2) is 54.6 Å². The molecule has 2 amide bonds. The zero-order chi connectivity index (χ0) is 22.5. The first-order chi connectivity index (χ1) is 15.5. The Hall–Kier alpha value is -2.86. The van der Waals surface area contributed by atoms with Gasteiger partial charge in [0.05, 0.1) is 5.56 Å². The van der Waals surface area contributed by atoms with Crippen molar-refractivity contribution in [1.29, 1.82) is 0 Å². The lowest BCUT2D eigenvalue weighted by atomic mass is 10.0. The van der Waals surface area contributed by atoms with Crippen LogP contribution in [0.3, 0.4) is 0 Å². The summed E-state index contributed by atoms with van der Waals surface area (Å²) >= 11 is 0. The maximum Gasteiger partial charge on any atom is 0.255 e. The van der Waals surface area contributed by atoms with Crippen molar-refractivity contribution >= 4 is 17.5 Å². The number of rotatable bonds is 5. The first-order valence-corrected chi connectivity index (χ1v) is 11.7. The zero-order valence-electron chi connectivity index (χ0n) is 19.2. The molecule has 2 aliphatic heterocycles. The monoisotopic (exact) mass is 434 g/mol. The van der Waals surface area contributed by atoms with E-state index in [1.807, 2.05) is 60.5 Å². The number of likely N-dealkylation sites (tertiary alicyclic amines) is 1. The number of hydrogen-bond donors (Lipinski definition) is 1. The first kappa shape index (κ1) is 22.3. The number of anilines is 1. The van der Waals surface area contributed by atoms with Crippen LogP contribution < -0.4 is 10.2 Å². The molecule has 0 bridgehead atoms. The summed E-state index contributed by atoms with van der Waals surface area (Å²) in [6.45, 7) is 3.71. The molecule has 170 valence electrons. The summed E-state index contributed by atoms with van der Waals surface area (Å²) in [5.74, 6) is 0.0917. The van der Waals surface area contributed by atoms with Crippen molar-refractivity contribution in [2.75, 3.05) is 45.2 Å². The van der Waals surface area contributed by atoms with E-state index < -0.39 is 0 Å². The van der Waals surface area contributed by atoms with Crippen LogP contribution in [0, 0.1) is 0 Å². The van der Waals surface area contributed by atoms with E-state index in [1.54, 1.807) is 0 Å². The molecule has 2 aromatic carbocycles. The number of amides is 2. The number of nitrogens with zero attached hydrogens (tertiary/aromatic N) is 3. The molecule has 0 atom stereocenters. The fourth-order valence-corrected chi connectivity index (χ4v) is 4.79. The lowest BCUT2D eigenvalue weighted by Crippen LogP contribution is -2.46. The molecule has 6 nitrogen and oxygen atoms in total. The van der Waals surface area contributed by atoms with E-state index in [2.05, 4.69) is 28.2 Å². The van der Waals surface area contributed by atoms with Gasteiger partial charge in [0, 0.05) is 43.5 Å². The normalized spacial score (nSPS) is 18.4. The summed E-state index contributed by atoms with van der Waals surface area (Å²) < 4.78 is 0. The Morgan fingerprint density at radius 3 is 2.19 bits per heavy atom. The van der Waals surface area contributed by atoms with Crippen molar-refractivity contribution in [3.63, 3.8) is 0 Å². The third kappa shape index (κ3) is 5.13. The van der Waals surface area contributed by atoms with E-state index in [0.717, 1.165) is 63.1 Å². The van der Waals surface area contributed by atoms with Gasteiger partial charge in [0.25, 0.3) is 11.8 Å². The molecular weight excluding hydrogens is 400 g/mol. The number of benzene rings is 2. The van der Waals surface area contributed by atoms with Crippen molar-refractivity contribution < 1.29 is 9.59 Å². The Labute approximate surface area is 191 Å². The average molecular weight is 435 g/mol. The van der Waals surface area contributed by atoms with Gasteiger partial charge in [0.2, 0.25) is 0 Å². The second-order valence-electron chi connectivity index (χ2n) is 9.07. The summed E-state index contributed by atoms with van der Waals surface area (Å²) in [6.07, 6.45) is 3.78. The summed E-state index contributed by atoms with van der Waals surface area (Å²) in [4.78, 5) is 32.4. The maximum absolute atomic E-state index is 13.4. The lowest BCUT2D eigenvalue weighted by Gasteiger charge is -2.37. The lowest BCUT2D eigenvalue weighted by molar-refractivity contribution is 0.0660. The highest BCUT2D eigenvalue weighted by molar-refractivity contribution is 6.00. The molecule has 2 aromatic rings. The minimum atomic E-state index is -0.0145. The van der Waals surface area contributed by atoms with Gasteiger partial charge in [-0.2, -0.15) is 0 Å². The van der Waals surface area contributed by atoms with Gasteiger partial charge in [-0.3, -0.25) is 9.59 Å². The van der Waals surface area contributed by atoms with Gasteiger partial charge in [0.1, 0.15) is 0 Å². The Morgan fingerprint density at radius 1 is 0.875 bits per heavy atom. The SMILES string of the molecule is CN1CCC(N(C)C(=O)c2ccccc2N2CCC(NC(=O)c3ccccc3)CC2)CC1. The molecule has 0 spiro atoms. The molecule has 0 radical (unpaired) electrons. The number of carbonyl (C=O) groups excluding carboxylic acids is 2. The van der Waals surface area contributed by atoms with Crippen molar-refractivity contribution in [1.82, 2.24) is 15.1 Å². The highest BCUT2D eigenvalue weighted by Gasteiger charge is 2.28. The third-order valence-corrected chi connectivity index (χ3v) is 6.90. The average Bonchev–Trinajstić information content (AvgIpc) is 2.84. The fraction of sp³-hybridized carbons (Fsp3) is 0.462. The van der Waals surface area contributed by atoms with E-state index in [9.17, 15) is 9.59 Å². The summed E-state index contributed by atoms with van der Waals surface area (Å²) in [5, 5.41) is 3.16. The molecule has 2 aliphatic rings. The van der Waals surface area contributed by atoms with Gasteiger partial charge in [-0.25, -0.2) is 0 Å². The molecule has 1 N–H and O–H groups in total. The van der Waals surface area contributed by atoms with Crippen molar-refractivity contribution in [3.05, 3.63) is 65.7 Å². The molecule has 2 fully saturated rings. The molecule has 0 unspecified atom stereocenters. The maximum atomic E-state index is 13.4. The summed E-state index contributed by atoms with van der Waals surface area (Å²) in [5.41, 5.74) is 2.48. The highest BCUT2D eigenvalue weighted by Crippen LogP contribution is 2.27. The second kappa shape index (κ2) is 10.2. The number of piperidine rings is 2. The molecule has 32 heavy (non-hydrogen) atoms. The van der Waals surface area contributed by atoms with E-state index >= 15 is 0 Å². The summed E-state index contributed by atoms with van der Waals surface area (Å²) in [7, 11) is 4.08. The smallest absolute Gasteiger partial charge is 0.255 e. The van der Waals surface area contributed by atoms with Gasteiger partial charge >= 0.3 is 0 Å². The molecule has 0 saturated carbocycles. The predicted molar refractivity (Wildman–Crippen MR) is 128 cm³/mol. The van der Waals surface area contributed by atoms with Crippen LogP contribution in [-0.4, -0.2) is 74.0 Å². The molecular formula is C26H34N4O2. The number of carbonyl (C=O) groups is 2. The number of hydrogen-bond acceptors (Lipinski definition) is 4. The minimum absolute atomic E-state index is 0.0145. The number of nitrogens with one attached hydrogen (secondary N) is 1. The first-order valence-electron chi connectivity index (χ1n) is 11.7. The second-order valence-corrected chi connectivity index (χ2v) is 9.07. The molecule has 0 aliphatic carbocycles. The Kier molecular flexibility index (Phi) is 7.10. The largest absolute Gasteiger partial charge is 0.371 e. The topological polar surface area (TPSA) is 55.9 Å². The van der Waals surface area contributed by atoms with Crippen LogP contribution in [0.25, 0.3) is 0 Å². The Morgan fingerprint density at radius 2 is 1.50 bits per heavy atom. The highest BCUT2D eigenvalue weighted by atomic mass is 16.2. The van der Waals surface area contributed by atoms with Gasteiger partial charge in [-0.15, -0.1) is 0 Å². The minimum Gasteiger partial charge on any atom is -0.371 e. The van der Waals surface area contributed by atoms with Crippen LogP contribution in [0.5, 0.6) is 0 Å². The van der Waals surface area contributed by atoms with Gasteiger partial charge < -0.3 is 20.0 Å². The molecule has 2 heterocycles. The standard InChI is InChI=1S/C26H34N4O2/c1-28-16-14-22(15-17-28)29(2)26(32)23-10-6-7-11-24(23)30-18-12-21(13-19-30)27-25(31)20-8-4-3-5-9-20/h3-11,21-22H,12-19H2,1-2H3,(H,27,31). The van der Waals surface area contributed by atoms with Crippen LogP contribution in [0.1, 0.15) is 46.4 Å². The zero-order valence-corrected chi connectivity index (χ0v) is 19.2. The van der Waals surface area contributed by atoms with Crippen LogP contribution in [0.4, 0.5) is 5.69 Å². The molecule has 4 rings (SSSR count).